The van der Waals surface area contributed by atoms with Crippen molar-refractivity contribution in [2.75, 3.05) is 0 Å². The van der Waals surface area contributed by atoms with E-state index in [9.17, 15) is 0 Å². The molecule has 0 radical (unpaired) electrons. The van der Waals surface area contributed by atoms with Gasteiger partial charge in [-0.2, -0.15) is 0 Å². The van der Waals surface area contributed by atoms with Crippen molar-refractivity contribution in [3.8, 4) is 17.1 Å². The summed E-state index contributed by atoms with van der Waals surface area (Å²) in [5, 5.41) is 2.44. The smallest absolute Gasteiger partial charge is 0.199 e. The molecule has 0 aliphatic heterocycles. The highest BCUT2D eigenvalue weighted by Crippen LogP contribution is 2.32. The molecule has 124 valence electrons. The maximum Gasteiger partial charge on any atom is 0.199 e. The number of nitrogens with zero attached hydrogens (tertiary/aromatic N) is 3. The van der Waals surface area contributed by atoms with Crippen molar-refractivity contribution < 1.29 is 0 Å². The summed E-state index contributed by atoms with van der Waals surface area (Å²) in [7, 11) is 0. The monoisotopic (exact) mass is 399 g/mol. The van der Waals surface area contributed by atoms with Crippen molar-refractivity contribution in [2.24, 2.45) is 0 Å². The largest absolute Gasteiger partial charge is 0.294 e. The summed E-state index contributed by atoms with van der Waals surface area (Å²) in [5.74, 6) is 0.850. The number of halogens is 1. The van der Waals surface area contributed by atoms with E-state index in [2.05, 4.69) is 91.1 Å². The second-order valence-corrected chi connectivity index (χ2v) is 6.83. The molecule has 3 nitrogen and oxygen atoms in total. The Morgan fingerprint density at radius 3 is 1.88 bits per heavy atom. The van der Waals surface area contributed by atoms with Gasteiger partial charge in [-0.3, -0.25) is 4.57 Å². The number of aromatic nitrogens is 3. The van der Waals surface area contributed by atoms with Crippen LogP contribution in [-0.4, -0.2) is 14.5 Å². The predicted molar refractivity (Wildman–Crippen MR) is 110 cm³/mol. The Hall–Kier alpha value is -2.98. The Balaban J connectivity index is 1.84. The second-order valence-electron chi connectivity index (χ2n) is 6.12. The number of para-hydroxylation sites is 2. The van der Waals surface area contributed by atoms with Crippen LogP contribution in [0.4, 0.5) is 0 Å². The Kier molecular flexibility index (Phi) is 3.57. The fourth-order valence-electron chi connectivity index (χ4n) is 3.45. The molecule has 2 heterocycles. The molecule has 5 aromatic rings. The van der Waals surface area contributed by atoms with E-state index in [1.807, 2.05) is 24.3 Å². The summed E-state index contributed by atoms with van der Waals surface area (Å²) in [6.45, 7) is 0. The van der Waals surface area contributed by atoms with E-state index >= 15 is 0 Å². The van der Waals surface area contributed by atoms with Crippen molar-refractivity contribution in [3.05, 3.63) is 89.7 Å². The number of rotatable bonds is 2. The SMILES string of the molecule is Brc1nc(-c2ccccc2)cc(-n2c3ccccc3c3ccccc32)n1. The van der Waals surface area contributed by atoms with Crippen molar-refractivity contribution in [1.29, 1.82) is 0 Å². The first kappa shape index (κ1) is 15.3. The topological polar surface area (TPSA) is 30.7 Å². The van der Waals surface area contributed by atoms with Crippen LogP contribution in [0.5, 0.6) is 0 Å². The van der Waals surface area contributed by atoms with E-state index < -0.39 is 0 Å². The van der Waals surface area contributed by atoms with Gasteiger partial charge in [0.05, 0.1) is 16.7 Å². The van der Waals surface area contributed by atoms with Crippen LogP contribution in [0.2, 0.25) is 0 Å². The van der Waals surface area contributed by atoms with Gasteiger partial charge in [0.15, 0.2) is 4.73 Å². The minimum absolute atomic E-state index is 0.579. The molecule has 0 amide bonds. The summed E-state index contributed by atoms with van der Waals surface area (Å²) in [5.41, 5.74) is 4.23. The van der Waals surface area contributed by atoms with E-state index in [1.54, 1.807) is 0 Å². The molecule has 0 unspecified atom stereocenters. The molecule has 2 aromatic heterocycles. The summed E-state index contributed by atoms with van der Waals surface area (Å²) < 4.78 is 2.78. The molecule has 5 rings (SSSR count). The molecule has 0 spiro atoms. The average molecular weight is 400 g/mol. The zero-order valence-corrected chi connectivity index (χ0v) is 15.4. The lowest BCUT2D eigenvalue weighted by atomic mass is 10.1. The standard InChI is InChI=1S/C22H14BrN3/c23-22-24-18(15-8-2-1-3-9-15)14-21(25-22)26-19-12-6-4-10-16(19)17-11-5-7-13-20(17)26/h1-14H. The van der Waals surface area contributed by atoms with Crippen molar-refractivity contribution in [2.45, 2.75) is 0 Å². The molecule has 0 N–H and O–H groups in total. The molecule has 0 aliphatic carbocycles. The van der Waals surface area contributed by atoms with Gasteiger partial charge >= 0.3 is 0 Å². The third-order valence-corrected chi connectivity index (χ3v) is 4.92. The summed E-state index contributed by atoms with van der Waals surface area (Å²) >= 11 is 3.49. The Labute approximate surface area is 159 Å². The molecular weight excluding hydrogens is 386 g/mol. The molecule has 0 fully saturated rings. The molecular formula is C22H14BrN3. The van der Waals surface area contributed by atoms with Gasteiger partial charge < -0.3 is 0 Å². The first-order valence-corrected chi connectivity index (χ1v) is 9.19. The molecule has 0 bridgehead atoms. The van der Waals surface area contributed by atoms with E-state index in [0.717, 1.165) is 28.1 Å². The molecule has 0 aliphatic rings. The van der Waals surface area contributed by atoms with Gasteiger partial charge in [0.1, 0.15) is 5.82 Å². The predicted octanol–water partition coefficient (Wildman–Crippen LogP) is 6.00. The van der Waals surface area contributed by atoms with E-state index in [1.165, 1.54) is 10.8 Å². The van der Waals surface area contributed by atoms with Crippen molar-refractivity contribution in [3.63, 3.8) is 0 Å². The Morgan fingerprint density at radius 1 is 0.654 bits per heavy atom. The quantitative estimate of drug-likeness (QED) is 0.340. The van der Waals surface area contributed by atoms with E-state index in [4.69, 9.17) is 0 Å². The number of benzene rings is 3. The zero-order chi connectivity index (χ0) is 17.5. The van der Waals surface area contributed by atoms with Crippen molar-refractivity contribution in [1.82, 2.24) is 14.5 Å². The molecule has 0 atom stereocenters. The Morgan fingerprint density at radius 2 is 1.23 bits per heavy atom. The minimum Gasteiger partial charge on any atom is -0.294 e. The van der Waals surface area contributed by atoms with Gasteiger partial charge in [0, 0.05) is 22.4 Å². The first-order valence-electron chi connectivity index (χ1n) is 8.40. The normalized spacial score (nSPS) is 11.3. The van der Waals surface area contributed by atoms with Crippen LogP contribution in [0.1, 0.15) is 0 Å². The highest BCUT2D eigenvalue weighted by Gasteiger charge is 2.14. The highest BCUT2D eigenvalue weighted by atomic mass is 79.9. The third kappa shape index (κ3) is 2.42. The van der Waals surface area contributed by atoms with Gasteiger partial charge in [-0.1, -0.05) is 66.7 Å². The van der Waals surface area contributed by atoms with Crippen LogP contribution in [0.15, 0.2) is 89.7 Å². The van der Waals surface area contributed by atoms with Gasteiger partial charge in [0.2, 0.25) is 0 Å². The number of hydrogen-bond donors (Lipinski definition) is 0. The van der Waals surface area contributed by atoms with Gasteiger partial charge in [0.25, 0.3) is 0 Å². The first-order chi connectivity index (χ1) is 12.8. The van der Waals surface area contributed by atoms with Crippen LogP contribution >= 0.6 is 15.9 Å². The van der Waals surface area contributed by atoms with E-state index in [0.29, 0.717) is 4.73 Å². The highest BCUT2D eigenvalue weighted by molar-refractivity contribution is 9.10. The van der Waals surface area contributed by atoms with Crippen LogP contribution in [-0.2, 0) is 0 Å². The number of hydrogen-bond acceptors (Lipinski definition) is 2. The lowest BCUT2D eigenvalue weighted by molar-refractivity contribution is 1.01. The molecule has 4 heteroatoms. The zero-order valence-electron chi connectivity index (χ0n) is 13.8. The van der Waals surface area contributed by atoms with Crippen LogP contribution in [0.3, 0.4) is 0 Å². The second kappa shape index (κ2) is 6.07. The van der Waals surface area contributed by atoms with Crippen molar-refractivity contribution >= 4 is 37.7 Å². The van der Waals surface area contributed by atoms with E-state index in [-0.39, 0.29) is 0 Å². The third-order valence-electron chi connectivity index (χ3n) is 4.56. The average Bonchev–Trinajstić information content (AvgIpc) is 3.03. The minimum atomic E-state index is 0.579. The fraction of sp³-hybridized carbons (Fsp3) is 0. The van der Waals surface area contributed by atoms with Gasteiger partial charge in [-0.15, -0.1) is 0 Å². The maximum absolute atomic E-state index is 4.67. The fourth-order valence-corrected chi connectivity index (χ4v) is 3.82. The molecule has 0 saturated carbocycles. The summed E-state index contributed by atoms with van der Waals surface area (Å²) in [6.07, 6.45) is 0. The van der Waals surface area contributed by atoms with Crippen LogP contribution in [0, 0.1) is 0 Å². The lowest BCUT2D eigenvalue weighted by Gasteiger charge is -2.09. The molecule has 26 heavy (non-hydrogen) atoms. The van der Waals surface area contributed by atoms with Gasteiger partial charge in [-0.25, -0.2) is 9.97 Å². The number of fused-ring (bicyclic) bond motifs is 3. The molecule has 3 aromatic carbocycles. The van der Waals surface area contributed by atoms with Crippen LogP contribution in [0.25, 0.3) is 38.9 Å². The summed E-state index contributed by atoms with van der Waals surface area (Å²) in [4.78, 5) is 9.24. The summed E-state index contributed by atoms with van der Waals surface area (Å²) in [6, 6.07) is 29.1. The molecule has 0 saturated heterocycles. The van der Waals surface area contributed by atoms with Gasteiger partial charge in [-0.05, 0) is 28.1 Å². The van der Waals surface area contributed by atoms with Crippen LogP contribution < -0.4 is 0 Å². The lowest BCUT2D eigenvalue weighted by Crippen LogP contribution is -2.00. The maximum atomic E-state index is 4.67. The Bertz CT molecular complexity index is 1190.